The van der Waals surface area contributed by atoms with Crippen molar-refractivity contribution in [2.75, 3.05) is 27.2 Å². The Labute approximate surface area is 104 Å². The van der Waals surface area contributed by atoms with E-state index in [1.807, 2.05) is 19.0 Å². The van der Waals surface area contributed by atoms with Crippen LogP contribution in [-0.2, 0) is 0 Å². The predicted molar refractivity (Wildman–Crippen MR) is 65.6 cm³/mol. The Balaban J connectivity index is 2.70. The first-order valence-electron chi connectivity index (χ1n) is 5.32. The van der Waals surface area contributed by atoms with Crippen molar-refractivity contribution in [2.24, 2.45) is 0 Å². The average molecular weight is 253 g/mol. The van der Waals surface area contributed by atoms with Crippen LogP contribution in [0.15, 0.2) is 18.2 Å². The van der Waals surface area contributed by atoms with Gasteiger partial charge in [-0.3, -0.25) is 14.9 Å². The summed E-state index contributed by atoms with van der Waals surface area (Å²) >= 11 is 0. The highest BCUT2D eigenvalue weighted by Gasteiger charge is 2.15. The minimum Gasteiger partial charge on any atom is -0.502 e. The fourth-order valence-electron chi connectivity index (χ4n) is 1.31. The SMILES string of the molecule is CN(C)CCNC(=O)c1ccc([N+](=O)[O-])c(O)c1. The second-order valence-electron chi connectivity index (χ2n) is 4.02. The normalized spacial score (nSPS) is 10.4. The Bertz CT molecular complexity index is 460. The van der Waals surface area contributed by atoms with E-state index in [1.54, 1.807) is 0 Å². The second kappa shape index (κ2) is 5.97. The molecule has 2 N–H and O–H groups in total. The van der Waals surface area contributed by atoms with Gasteiger partial charge < -0.3 is 15.3 Å². The molecule has 98 valence electrons. The van der Waals surface area contributed by atoms with Crippen LogP contribution in [0, 0.1) is 10.1 Å². The van der Waals surface area contributed by atoms with Crippen molar-refractivity contribution in [3.8, 4) is 5.75 Å². The molecule has 0 spiro atoms. The lowest BCUT2D eigenvalue weighted by atomic mass is 10.2. The molecule has 0 unspecified atom stereocenters. The van der Waals surface area contributed by atoms with Crippen LogP contribution in [0.5, 0.6) is 5.75 Å². The van der Waals surface area contributed by atoms with Crippen molar-refractivity contribution < 1.29 is 14.8 Å². The van der Waals surface area contributed by atoms with Crippen molar-refractivity contribution in [1.82, 2.24) is 10.2 Å². The van der Waals surface area contributed by atoms with Gasteiger partial charge in [0.1, 0.15) is 0 Å². The molecule has 0 heterocycles. The number of amides is 1. The minimum absolute atomic E-state index is 0.192. The number of hydrogen-bond donors (Lipinski definition) is 2. The van der Waals surface area contributed by atoms with Gasteiger partial charge in [0.05, 0.1) is 4.92 Å². The van der Waals surface area contributed by atoms with Crippen molar-refractivity contribution in [3.05, 3.63) is 33.9 Å². The van der Waals surface area contributed by atoms with Gasteiger partial charge in [0, 0.05) is 24.7 Å². The molecule has 1 rings (SSSR count). The number of nitrogens with one attached hydrogen (secondary N) is 1. The topological polar surface area (TPSA) is 95.7 Å². The standard InChI is InChI=1S/C11H15N3O4/c1-13(2)6-5-12-11(16)8-3-4-9(14(17)18)10(15)7-8/h3-4,7,15H,5-6H2,1-2H3,(H,12,16). The van der Waals surface area contributed by atoms with Gasteiger partial charge in [-0.05, 0) is 26.2 Å². The molecule has 18 heavy (non-hydrogen) atoms. The number of carbonyl (C=O) groups excluding carboxylic acids is 1. The maximum atomic E-state index is 11.6. The number of rotatable bonds is 5. The molecule has 0 aliphatic rings. The van der Waals surface area contributed by atoms with E-state index in [2.05, 4.69) is 5.32 Å². The molecule has 7 heteroatoms. The molecule has 0 radical (unpaired) electrons. The molecule has 0 atom stereocenters. The van der Waals surface area contributed by atoms with Crippen LogP contribution in [0.3, 0.4) is 0 Å². The molecular formula is C11H15N3O4. The molecule has 1 aromatic carbocycles. The molecule has 1 aromatic rings. The van der Waals surface area contributed by atoms with E-state index >= 15 is 0 Å². The number of benzene rings is 1. The van der Waals surface area contributed by atoms with Crippen LogP contribution in [0.25, 0.3) is 0 Å². The zero-order valence-electron chi connectivity index (χ0n) is 10.2. The summed E-state index contributed by atoms with van der Waals surface area (Å²) in [4.78, 5) is 23.3. The van der Waals surface area contributed by atoms with Crippen molar-refractivity contribution in [2.45, 2.75) is 0 Å². The number of nitrogens with zero attached hydrogens (tertiary/aromatic N) is 2. The fourth-order valence-corrected chi connectivity index (χ4v) is 1.31. The van der Waals surface area contributed by atoms with Gasteiger partial charge in [0.15, 0.2) is 5.75 Å². The van der Waals surface area contributed by atoms with E-state index < -0.39 is 16.4 Å². The quantitative estimate of drug-likeness (QED) is 0.591. The Morgan fingerprint density at radius 1 is 1.50 bits per heavy atom. The van der Waals surface area contributed by atoms with Crippen LogP contribution in [0.4, 0.5) is 5.69 Å². The molecular weight excluding hydrogens is 238 g/mol. The zero-order valence-corrected chi connectivity index (χ0v) is 10.2. The van der Waals surface area contributed by atoms with E-state index in [0.717, 1.165) is 12.1 Å². The van der Waals surface area contributed by atoms with Crippen LogP contribution in [0.2, 0.25) is 0 Å². The third kappa shape index (κ3) is 3.70. The monoisotopic (exact) mass is 253 g/mol. The van der Waals surface area contributed by atoms with Crippen molar-refractivity contribution >= 4 is 11.6 Å². The maximum absolute atomic E-state index is 11.6. The Morgan fingerprint density at radius 2 is 2.17 bits per heavy atom. The fraction of sp³-hybridized carbons (Fsp3) is 0.364. The summed E-state index contributed by atoms with van der Waals surface area (Å²) in [5.41, 5.74) is -0.225. The summed E-state index contributed by atoms with van der Waals surface area (Å²) < 4.78 is 0. The first-order chi connectivity index (χ1) is 8.41. The second-order valence-corrected chi connectivity index (χ2v) is 4.02. The number of phenols is 1. The van der Waals surface area contributed by atoms with Gasteiger partial charge in [0.2, 0.25) is 0 Å². The number of hydrogen-bond acceptors (Lipinski definition) is 5. The van der Waals surface area contributed by atoms with Gasteiger partial charge in [-0.15, -0.1) is 0 Å². The summed E-state index contributed by atoms with van der Waals surface area (Å²) in [7, 11) is 3.76. The lowest BCUT2D eigenvalue weighted by molar-refractivity contribution is -0.385. The largest absolute Gasteiger partial charge is 0.502 e. The molecule has 7 nitrogen and oxygen atoms in total. The number of nitro groups is 1. The highest BCUT2D eigenvalue weighted by molar-refractivity contribution is 5.95. The molecule has 1 amide bonds. The lowest BCUT2D eigenvalue weighted by Crippen LogP contribution is -2.31. The van der Waals surface area contributed by atoms with Gasteiger partial charge in [-0.2, -0.15) is 0 Å². The molecule has 0 aliphatic carbocycles. The Hall–Kier alpha value is -2.15. The predicted octanol–water partition coefficient (Wildman–Crippen LogP) is 0.592. The molecule has 0 saturated carbocycles. The maximum Gasteiger partial charge on any atom is 0.310 e. The van der Waals surface area contributed by atoms with Gasteiger partial charge in [-0.1, -0.05) is 0 Å². The van der Waals surface area contributed by atoms with Gasteiger partial charge >= 0.3 is 5.69 Å². The Morgan fingerprint density at radius 3 is 2.67 bits per heavy atom. The third-order valence-corrected chi connectivity index (χ3v) is 2.28. The first-order valence-corrected chi connectivity index (χ1v) is 5.32. The summed E-state index contributed by atoms with van der Waals surface area (Å²) in [6.45, 7) is 1.15. The molecule has 0 aromatic heterocycles. The number of likely N-dealkylation sites (N-methyl/N-ethyl adjacent to an activating group) is 1. The highest BCUT2D eigenvalue weighted by Crippen LogP contribution is 2.25. The van der Waals surface area contributed by atoms with E-state index in [-0.39, 0.29) is 11.5 Å². The summed E-state index contributed by atoms with van der Waals surface area (Å²) in [5.74, 6) is -0.887. The van der Waals surface area contributed by atoms with E-state index in [1.165, 1.54) is 6.07 Å². The molecule has 0 bridgehead atoms. The summed E-state index contributed by atoms with van der Waals surface area (Å²) in [5, 5.41) is 22.5. The zero-order chi connectivity index (χ0) is 13.7. The Kier molecular flexibility index (Phi) is 4.61. The smallest absolute Gasteiger partial charge is 0.310 e. The lowest BCUT2D eigenvalue weighted by Gasteiger charge is -2.10. The highest BCUT2D eigenvalue weighted by atomic mass is 16.6. The molecule has 0 aliphatic heterocycles. The van der Waals surface area contributed by atoms with Crippen LogP contribution >= 0.6 is 0 Å². The molecule has 0 fully saturated rings. The third-order valence-electron chi connectivity index (χ3n) is 2.28. The van der Waals surface area contributed by atoms with Crippen molar-refractivity contribution in [3.63, 3.8) is 0 Å². The average Bonchev–Trinajstić information content (AvgIpc) is 2.27. The van der Waals surface area contributed by atoms with Gasteiger partial charge in [-0.25, -0.2) is 0 Å². The van der Waals surface area contributed by atoms with Crippen LogP contribution < -0.4 is 5.32 Å². The summed E-state index contributed by atoms with van der Waals surface area (Å²) in [6, 6.07) is 3.50. The summed E-state index contributed by atoms with van der Waals surface area (Å²) in [6.07, 6.45) is 0. The number of carbonyl (C=O) groups is 1. The van der Waals surface area contributed by atoms with Crippen molar-refractivity contribution in [1.29, 1.82) is 0 Å². The van der Waals surface area contributed by atoms with Crippen LogP contribution in [-0.4, -0.2) is 48.0 Å². The van der Waals surface area contributed by atoms with E-state index in [9.17, 15) is 20.0 Å². The number of aromatic hydroxyl groups is 1. The van der Waals surface area contributed by atoms with E-state index in [0.29, 0.717) is 13.1 Å². The van der Waals surface area contributed by atoms with Crippen LogP contribution in [0.1, 0.15) is 10.4 Å². The number of nitro benzene ring substituents is 1. The number of phenolic OH excluding ortho intramolecular Hbond substituents is 1. The molecule has 0 saturated heterocycles. The minimum atomic E-state index is -0.705. The first kappa shape index (κ1) is 13.9. The van der Waals surface area contributed by atoms with E-state index in [4.69, 9.17) is 0 Å². The van der Waals surface area contributed by atoms with Gasteiger partial charge in [0.25, 0.3) is 5.91 Å².